The zero-order valence-electron chi connectivity index (χ0n) is 21.0. The molecule has 1 N–H and O–H groups in total. The fourth-order valence-electron chi connectivity index (χ4n) is 4.39. The molecule has 1 aliphatic heterocycles. The van der Waals surface area contributed by atoms with Gasteiger partial charge < -0.3 is 5.32 Å². The molecule has 0 bridgehead atoms. The van der Waals surface area contributed by atoms with Crippen molar-refractivity contribution < 1.29 is 4.79 Å². The predicted octanol–water partition coefficient (Wildman–Crippen LogP) is 5.15. The number of benzene rings is 1. The number of anilines is 1. The average molecular weight is 481 g/mol. The van der Waals surface area contributed by atoms with E-state index in [0.717, 1.165) is 48.3 Å². The highest BCUT2D eigenvalue weighted by molar-refractivity contribution is 6.49. The van der Waals surface area contributed by atoms with Crippen LogP contribution in [0.25, 0.3) is 11.1 Å². The molecule has 3 heterocycles. The summed E-state index contributed by atoms with van der Waals surface area (Å²) in [5.74, 6) is -0.299. The molecule has 0 unspecified atom stereocenters. The van der Waals surface area contributed by atoms with Crippen molar-refractivity contribution in [3.63, 3.8) is 0 Å². The SMILES string of the molecule is CCCN=C(C(=O)Nc1ccc(C#N)nc1)c1cc(-c2cncc(CN3CCCCC3)c2)ccc1C. The number of carbonyl (C=O) groups excluding carboxylic acids is 1. The molecular weight excluding hydrogens is 448 g/mol. The van der Waals surface area contributed by atoms with Gasteiger partial charge in [-0.3, -0.25) is 19.7 Å². The Morgan fingerprint density at radius 3 is 2.64 bits per heavy atom. The molecule has 3 aromatic rings. The third-order valence-electron chi connectivity index (χ3n) is 6.32. The lowest BCUT2D eigenvalue weighted by molar-refractivity contribution is -0.110. The van der Waals surface area contributed by atoms with Crippen LogP contribution in [0, 0.1) is 18.3 Å². The smallest absolute Gasteiger partial charge is 0.274 e. The molecule has 0 radical (unpaired) electrons. The van der Waals surface area contributed by atoms with Crippen molar-refractivity contribution in [2.24, 2.45) is 4.99 Å². The Morgan fingerprint density at radius 1 is 1.08 bits per heavy atom. The first-order valence-corrected chi connectivity index (χ1v) is 12.6. The molecule has 0 atom stereocenters. The van der Waals surface area contributed by atoms with Gasteiger partial charge >= 0.3 is 0 Å². The van der Waals surface area contributed by atoms with Crippen LogP contribution in [0.1, 0.15) is 55.0 Å². The van der Waals surface area contributed by atoms with E-state index < -0.39 is 0 Å². The summed E-state index contributed by atoms with van der Waals surface area (Å²) >= 11 is 0. The van der Waals surface area contributed by atoms with Gasteiger partial charge in [0.05, 0.1) is 11.9 Å². The van der Waals surface area contributed by atoms with Crippen LogP contribution >= 0.6 is 0 Å². The molecule has 1 amide bonds. The molecule has 0 saturated carbocycles. The van der Waals surface area contributed by atoms with Crippen LogP contribution in [-0.2, 0) is 11.3 Å². The van der Waals surface area contributed by atoms with Gasteiger partial charge in [-0.15, -0.1) is 0 Å². The molecule has 1 fully saturated rings. The third kappa shape index (κ3) is 6.41. The molecule has 0 spiro atoms. The summed E-state index contributed by atoms with van der Waals surface area (Å²) in [7, 11) is 0. The largest absolute Gasteiger partial charge is 0.319 e. The van der Waals surface area contributed by atoms with Crippen LogP contribution in [0.5, 0.6) is 0 Å². The van der Waals surface area contributed by atoms with Crippen LogP contribution < -0.4 is 5.32 Å². The number of pyridine rings is 2. The summed E-state index contributed by atoms with van der Waals surface area (Å²) in [6, 6.07) is 13.6. The van der Waals surface area contributed by atoms with Gasteiger partial charge in [-0.2, -0.15) is 5.26 Å². The average Bonchev–Trinajstić information content (AvgIpc) is 2.91. The normalized spacial score (nSPS) is 14.3. The third-order valence-corrected chi connectivity index (χ3v) is 6.32. The molecule has 7 nitrogen and oxygen atoms in total. The predicted molar refractivity (Wildman–Crippen MR) is 143 cm³/mol. The van der Waals surface area contributed by atoms with E-state index in [1.165, 1.54) is 31.0 Å². The second-order valence-corrected chi connectivity index (χ2v) is 9.18. The molecule has 184 valence electrons. The van der Waals surface area contributed by atoms with Crippen molar-refractivity contribution in [2.45, 2.75) is 46.1 Å². The standard InChI is InChI=1S/C29H32N6O/c1-3-11-32-28(29(36)34-26-10-9-25(16-30)33-19-26)27-15-23(8-7-21(27)2)24-14-22(17-31-18-24)20-35-12-5-4-6-13-35/h7-10,14-15,17-19H,3-6,11-13,20H2,1-2H3,(H,34,36). The number of rotatable bonds is 8. The molecule has 36 heavy (non-hydrogen) atoms. The van der Waals surface area contributed by atoms with E-state index in [1.54, 1.807) is 12.1 Å². The van der Waals surface area contributed by atoms with E-state index in [2.05, 4.69) is 37.3 Å². The number of aromatic nitrogens is 2. The number of likely N-dealkylation sites (tertiary alicyclic amines) is 1. The van der Waals surface area contributed by atoms with Crippen molar-refractivity contribution in [2.75, 3.05) is 25.0 Å². The molecule has 7 heteroatoms. The lowest BCUT2D eigenvalue weighted by Crippen LogP contribution is -2.29. The van der Waals surface area contributed by atoms with E-state index in [0.29, 0.717) is 23.6 Å². The fourth-order valence-corrected chi connectivity index (χ4v) is 4.39. The number of nitrogens with one attached hydrogen (secondary N) is 1. The first-order valence-electron chi connectivity index (χ1n) is 12.6. The lowest BCUT2D eigenvalue weighted by atomic mass is 9.96. The highest BCUT2D eigenvalue weighted by Gasteiger charge is 2.18. The van der Waals surface area contributed by atoms with Crippen molar-refractivity contribution in [1.82, 2.24) is 14.9 Å². The van der Waals surface area contributed by atoms with E-state index in [9.17, 15) is 4.79 Å². The molecule has 1 aromatic carbocycles. The summed E-state index contributed by atoms with van der Waals surface area (Å²) < 4.78 is 0. The van der Waals surface area contributed by atoms with Gasteiger partial charge in [-0.1, -0.05) is 25.5 Å². The number of hydrogen-bond acceptors (Lipinski definition) is 6. The first-order chi connectivity index (χ1) is 17.6. The molecule has 4 rings (SSSR count). The Balaban J connectivity index is 1.61. The van der Waals surface area contributed by atoms with Crippen LogP contribution in [0.4, 0.5) is 5.69 Å². The molecule has 2 aromatic heterocycles. The van der Waals surface area contributed by atoms with Gasteiger partial charge in [0.15, 0.2) is 0 Å². The number of aliphatic imine (C=N–C) groups is 1. The summed E-state index contributed by atoms with van der Waals surface area (Å²) in [4.78, 5) is 29.0. The number of nitrogens with zero attached hydrogens (tertiary/aromatic N) is 5. The maximum atomic E-state index is 13.3. The van der Waals surface area contributed by atoms with Crippen LogP contribution in [0.15, 0.2) is 60.0 Å². The Bertz CT molecular complexity index is 1270. The first kappa shape index (κ1) is 25.2. The maximum Gasteiger partial charge on any atom is 0.274 e. The van der Waals surface area contributed by atoms with E-state index >= 15 is 0 Å². The van der Waals surface area contributed by atoms with Gasteiger partial charge in [-0.05, 0) is 80.2 Å². The summed E-state index contributed by atoms with van der Waals surface area (Å²) in [6.07, 6.45) is 9.97. The second kappa shape index (κ2) is 12.2. The summed E-state index contributed by atoms with van der Waals surface area (Å²) in [5, 5.41) is 11.9. The van der Waals surface area contributed by atoms with Crippen LogP contribution in [-0.4, -0.2) is 46.1 Å². The van der Waals surface area contributed by atoms with Crippen LogP contribution in [0.2, 0.25) is 0 Å². The lowest BCUT2D eigenvalue weighted by Gasteiger charge is -2.26. The van der Waals surface area contributed by atoms with E-state index in [1.807, 2.05) is 44.4 Å². The topological polar surface area (TPSA) is 94.3 Å². The number of aryl methyl sites for hydroxylation is 1. The summed E-state index contributed by atoms with van der Waals surface area (Å²) in [6.45, 7) is 7.75. The number of carbonyl (C=O) groups is 1. The molecule has 0 aliphatic carbocycles. The Kier molecular flexibility index (Phi) is 8.53. The van der Waals surface area contributed by atoms with Crippen molar-refractivity contribution in [3.8, 4) is 17.2 Å². The van der Waals surface area contributed by atoms with E-state index in [-0.39, 0.29) is 5.91 Å². The number of nitriles is 1. The molecule has 1 aliphatic rings. The van der Waals surface area contributed by atoms with Crippen molar-refractivity contribution in [3.05, 3.63) is 77.4 Å². The zero-order valence-corrected chi connectivity index (χ0v) is 21.0. The molecule has 1 saturated heterocycles. The van der Waals surface area contributed by atoms with Gasteiger partial charge in [0, 0.05) is 36.6 Å². The fraction of sp³-hybridized carbons (Fsp3) is 0.345. The highest BCUT2D eigenvalue weighted by atomic mass is 16.1. The minimum atomic E-state index is -0.299. The minimum Gasteiger partial charge on any atom is -0.319 e. The summed E-state index contributed by atoms with van der Waals surface area (Å²) in [5.41, 5.74) is 6.19. The van der Waals surface area contributed by atoms with Crippen LogP contribution in [0.3, 0.4) is 0 Å². The number of hydrogen-bond donors (Lipinski definition) is 1. The molecular formula is C29H32N6O. The Hall–Kier alpha value is -3.89. The van der Waals surface area contributed by atoms with Gasteiger partial charge in [0.25, 0.3) is 5.91 Å². The monoisotopic (exact) mass is 480 g/mol. The van der Waals surface area contributed by atoms with Gasteiger partial charge in [0.1, 0.15) is 17.5 Å². The quantitative estimate of drug-likeness (QED) is 0.450. The minimum absolute atomic E-state index is 0.299. The zero-order chi connectivity index (χ0) is 25.3. The Labute approximate surface area is 212 Å². The van der Waals surface area contributed by atoms with E-state index in [4.69, 9.17) is 5.26 Å². The van der Waals surface area contributed by atoms with Crippen molar-refractivity contribution in [1.29, 1.82) is 5.26 Å². The van der Waals surface area contributed by atoms with Crippen molar-refractivity contribution >= 4 is 17.3 Å². The Morgan fingerprint density at radius 2 is 1.92 bits per heavy atom. The highest BCUT2D eigenvalue weighted by Crippen LogP contribution is 2.25. The second-order valence-electron chi connectivity index (χ2n) is 9.18. The maximum absolute atomic E-state index is 13.3. The number of amides is 1. The van der Waals surface area contributed by atoms with Gasteiger partial charge in [-0.25, -0.2) is 4.98 Å². The van der Waals surface area contributed by atoms with Gasteiger partial charge in [0.2, 0.25) is 0 Å². The number of piperidine rings is 1.